The normalized spacial score (nSPS) is 10.5. The molecule has 1 aromatic rings. The molecule has 1 aromatic heterocycles. The first-order chi connectivity index (χ1) is 8.15. The van der Waals surface area contributed by atoms with E-state index < -0.39 is 0 Å². The smallest absolute Gasteiger partial charge is 0.290 e. The molecule has 0 aliphatic heterocycles. The fraction of sp³-hybridized carbons (Fsp3) is 0.545. The highest BCUT2D eigenvalue weighted by molar-refractivity contribution is 7.99. The molecule has 0 aliphatic rings. The van der Waals surface area contributed by atoms with E-state index in [1.807, 2.05) is 19.9 Å². The maximum Gasteiger partial charge on any atom is 0.290 e. The van der Waals surface area contributed by atoms with Crippen molar-refractivity contribution in [1.82, 2.24) is 20.5 Å². The minimum atomic E-state index is -0.229. The van der Waals surface area contributed by atoms with E-state index in [0.29, 0.717) is 6.54 Å². The van der Waals surface area contributed by atoms with Gasteiger partial charge in [0.25, 0.3) is 5.91 Å². The Morgan fingerprint density at radius 1 is 1.65 bits per heavy atom. The van der Waals surface area contributed by atoms with E-state index in [4.69, 9.17) is 0 Å². The quantitative estimate of drug-likeness (QED) is 0.572. The molecule has 2 N–H and O–H groups in total. The van der Waals surface area contributed by atoms with E-state index in [9.17, 15) is 4.79 Å². The van der Waals surface area contributed by atoms with Gasteiger partial charge in [-0.15, -0.1) is 11.7 Å². The molecule has 0 aliphatic carbocycles. The molecule has 0 fully saturated rings. The summed E-state index contributed by atoms with van der Waals surface area (Å²) in [7, 11) is 0. The van der Waals surface area contributed by atoms with Crippen molar-refractivity contribution < 1.29 is 4.79 Å². The van der Waals surface area contributed by atoms with Crippen molar-refractivity contribution in [1.29, 1.82) is 0 Å². The standard InChI is InChI=1S/C11H18N4OS/c1-4-6-17-7-5-12-11(16)10-13-9(8(2)3)14-15-10/h4,8H,1,5-7H2,2-3H3,(H,12,16)(H,13,14,15). The number of carbonyl (C=O) groups excluding carboxylic acids is 1. The van der Waals surface area contributed by atoms with Crippen LogP contribution in [0, 0.1) is 0 Å². The molecule has 94 valence electrons. The van der Waals surface area contributed by atoms with Gasteiger partial charge >= 0.3 is 0 Å². The first kappa shape index (κ1) is 13.8. The predicted molar refractivity (Wildman–Crippen MR) is 70.3 cm³/mol. The first-order valence-corrected chi connectivity index (χ1v) is 6.69. The number of hydrogen-bond acceptors (Lipinski definition) is 4. The second-order valence-electron chi connectivity index (χ2n) is 3.82. The van der Waals surface area contributed by atoms with Gasteiger partial charge in [-0.3, -0.25) is 9.89 Å². The maximum absolute atomic E-state index is 11.6. The summed E-state index contributed by atoms with van der Waals surface area (Å²) in [5.41, 5.74) is 0. The summed E-state index contributed by atoms with van der Waals surface area (Å²) in [4.78, 5) is 15.8. The Hall–Kier alpha value is -1.30. The monoisotopic (exact) mass is 254 g/mol. The van der Waals surface area contributed by atoms with Gasteiger partial charge in [-0.25, -0.2) is 4.98 Å². The van der Waals surface area contributed by atoms with Crippen molar-refractivity contribution in [2.24, 2.45) is 0 Å². The third-order valence-electron chi connectivity index (χ3n) is 2.02. The minimum Gasteiger partial charge on any atom is -0.348 e. The zero-order valence-electron chi connectivity index (χ0n) is 10.2. The average molecular weight is 254 g/mol. The van der Waals surface area contributed by atoms with Crippen LogP contribution in [-0.4, -0.2) is 39.1 Å². The largest absolute Gasteiger partial charge is 0.348 e. The number of hydrogen-bond donors (Lipinski definition) is 2. The predicted octanol–water partition coefficient (Wildman–Crippen LogP) is 1.58. The molecular weight excluding hydrogens is 236 g/mol. The van der Waals surface area contributed by atoms with Gasteiger partial charge in [-0.2, -0.15) is 11.8 Å². The van der Waals surface area contributed by atoms with Gasteiger partial charge < -0.3 is 5.32 Å². The molecule has 1 rings (SSSR count). The van der Waals surface area contributed by atoms with Crippen molar-refractivity contribution in [2.75, 3.05) is 18.1 Å². The van der Waals surface area contributed by atoms with Gasteiger partial charge in [0, 0.05) is 24.0 Å². The molecular formula is C11H18N4OS. The molecule has 0 atom stereocenters. The van der Waals surface area contributed by atoms with Gasteiger partial charge in [-0.1, -0.05) is 19.9 Å². The molecule has 0 aromatic carbocycles. The lowest BCUT2D eigenvalue weighted by Crippen LogP contribution is -2.26. The first-order valence-electron chi connectivity index (χ1n) is 5.54. The van der Waals surface area contributed by atoms with Gasteiger partial charge in [0.1, 0.15) is 5.82 Å². The molecule has 0 saturated carbocycles. The van der Waals surface area contributed by atoms with Crippen LogP contribution in [0.5, 0.6) is 0 Å². The van der Waals surface area contributed by atoms with Crippen LogP contribution in [0.4, 0.5) is 0 Å². The minimum absolute atomic E-state index is 0.211. The Morgan fingerprint density at radius 2 is 2.41 bits per heavy atom. The Kier molecular flexibility index (Phi) is 5.76. The van der Waals surface area contributed by atoms with E-state index in [1.54, 1.807) is 11.8 Å². The highest BCUT2D eigenvalue weighted by Crippen LogP contribution is 2.07. The van der Waals surface area contributed by atoms with Crippen LogP contribution >= 0.6 is 11.8 Å². The highest BCUT2D eigenvalue weighted by atomic mass is 32.2. The number of carbonyl (C=O) groups is 1. The number of nitrogens with zero attached hydrogens (tertiary/aromatic N) is 2. The second kappa shape index (κ2) is 7.11. The second-order valence-corrected chi connectivity index (χ2v) is 4.97. The van der Waals surface area contributed by atoms with Gasteiger partial charge in [0.15, 0.2) is 0 Å². The molecule has 6 heteroatoms. The van der Waals surface area contributed by atoms with Crippen LogP contribution in [0.3, 0.4) is 0 Å². The van der Waals surface area contributed by atoms with Crippen LogP contribution in [0.2, 0.25) is 0 Å². The van der Waals surface area contributed by atoms with Crippen LogP contribution in [0.15, 0.2) is 12.7 Å². The molecule has 0 bridgehead atoms. The molecule has 0 radical (unpaired) electrons. The van der Waals surface area contributed by atoms with Crippen molar-refractivity contribution in [3.8, 4) is 0 Å². The molecule has 5 nitrogen and oxygen atoms in total. The Bertz CT molecular complexity index is 375. The average Bonchev–Trinajstić information content (AvgIpc) is 2.78. The van der Waals surface area contributed by atoms with E-state index in [-0.39, 0.29) is 17.6 Å². The highest BCUT2D eigenvalue weighted by Gasteiger charge is 2.13. The Morgan fingerprint density at radius 3 is 3.00 bits per heavy atom. The molecule has 1 heterocycles. The van der Waals surface area contributed by atoms with Crippen molar-refractivity contribution >= 4 is 17.7 Å². The van der Waals surface area contributed by atoms with Crippen molar-refractivity contribution in [2.45, 2.75) is 19.8 Å². The molecule has 17 heavy (non-hydrogen) atoms. The van der Waals surface area contributed by atoms with E-state index in [1.165, 1.54) is 0 Å². The number of H-pyrrole nitrogens is 1. The zero-order chi connectivity index (χ0) is 12.7. The molecule has 0 unspecified atom stereocenters. The summed E-state index contributed by atoms with van der Waals surface area (Å²) in [6.45, 7) is 8.23. The van der Waals surface area contributed by atoms with Crippen LogP contribution in [0.25, 0.3) is 0 Å². The van der Waals surface area contributed by atoms with Crippen LogP contribution in [-0.2, 0) is 0 Å². The summed E-state index contributed by atoms with van der Waals surface area (Å²) in [5.74, 6) is 2.71. The van der Waals surface area contributed by atoms with Gasteiger partial charge in [0.2, 0.25) is 5.82 Å². The number of aromatic nitrogens is 3. The molecule has 0 spiro atoms. The summed E-state index contributed by atoms with van der Waals surface area (Å²) >= 11 is 1.72. The summed E-state index contributed by atoms with van der Waals surface area (Å²) in [6, 6.07) is 0. The zero-order valence-corrected chi connectivity index (χ0v) is 11.0. The third kappa shape index (κ3) is 4.60. The van der Waals surface area contributed by atoms with Crippen LogP contribution < -0.4 is 5.32 Å². The lowest BCUT2D eigenvalue weighted by Gasteiger charge is -2.01. The number of thioether (sulfide) groups is 1. The Labute approximate surface area is 105 Å². The van der Waals surface area contributed by atoms with Gasteiger partial charge in [-0.05, 0) is 0 Å². The van der Waals surface area contributed by atoms with E-state index in [0.717, 1.165) is 17.3 Å². The topological polar surface area (TPSA) is 70.7 Å². The lowest BCUT2D eigenvalue weighted by molar-refractivity contribution is 0.0946. The summed E-state index contributed by atoms with van der Waals surface area (Å²) in [5, 5.41) is 9.41. The summed E-state index contributed by atoms with van der Waals surface area (Å²) < 4.78 is 0. The molecule has 0 saturated heterocycles. The fourth-order valence-corrected chi connectivity index (χ4v) is 1.70. The lowest BCUT2D eigenvalue weighted by atomic mass is 10.2. The van der Waals surface area contributed by atoms with Gasteiger partial charge in [0.05, 0.1) is 0 Å². The number of nitrogens with one attached hydrogen (secondary N) is 2. The SMILES string of the molecule is C=CCSCCNC(=O)c1n[nH]c(C(C)C)n1. The number of amides is 1. The Balaban J connectivity index is 2.33. The van der Waals surface area contributed by atoms with Crippen LogP contribution in [0.1, 0.15) is 36.2 Å². The van der Waals surface area contributed by atoms with Crippen molar-refractivity contribution in [3.63, 3.8) is 0 Å². The third-order valence-corrected chi connectivity index (χ3v) is 2.98. The number of aromatic amines is 1. The maximum atomic E-state index is 11.6. The number of rotatable bonds is 7. The summed E-state index contributed by atoms with van der Waals surface area (Å²) in [6.07, 6.45) is 1.84. The van der Waals surface area contributed by atoms with E-state index >= 15 is 0 Å². The fourth-order valence-electron chi connectivity index (χ4n) is 1.12. The molecule has 1 amide bonds. The van der Waals surface area contributed by atoms with Crippen molar-refractivity contribution in [3.05, 3.63) is 24.3 Å². The van der Waals surface area contributed by atoms with E-state index in [2.05, 4.69) is 27.1 Å².